The summed E-state index contributed by atoms with van der Waals surface area (Å²) in [6.45, 7) is 2.17. The first-order valence-corrected chi connectivity index (χ1v) is 10.0. The van der Waals surface area contributed by atoms with E-state index in [9.17, 15) is 9.59 Å². The molecular weight excluding hydrogens is 342 g/mol. The van der Waals surface area contributed by atoms with Crippen LogP contribution in [0.1, 0.15) is 38.5 Å². The second-order valence-electron chi connectivity index (χ2n) is 7.74. The lowest BCUT2D eigenvalue weighted by Crippen LogP contribution is -2.61. The third kappa shape index (κ3) is 3.96. The molecule has 2 fully saturated rings. The van der Waals surface area contributed by atoms with Gasteiger partial charge in [0.1, 0.15) is 0 Å². The molecule has 7 heteroatoms. The Kier molecular flexibility index (Phi) is 5.36. The maximum atomic E-state index is 13.1. The molecule has 1 N–H and O–H groups in total. The summed E-state index contributed by atoms with van der Waals surface area (Å²) in [4.78, 5) is 38.0. The first kappa shape index (κ1) is 17.9. The number of aromatic nitrogens is 2. The van der Waals surface area contributed by atoms with E-state index in [4.69, 9.17) is 0 Å². The number of rotatable bonds is 3. The van der Waals surface area contributed by atoms with Gasteiger partial charge in [0.05, 0.1) is 5.92 Å². The highest BCUT2D eigenvalue weighted by Crippen LogP contribution is 2.28. The van der Waals surface area contributed by atoms with Gasteiger partial charge in [-0.15, -0.1) is 0 Å². The lowest BCUT2D eigenvalue weighted by molar-refractivity contribution is -0.136. The highest BCUT2D eigenvalue weighted by Gasteiger charge is 2.41. The summed E-state index contributed by atoms with van der Waals surface area (Å²) < 4.78 is 0. The van der Waals surface area contributed by atoms with E-state index in [-0.39, 0.29) is 29.8 Å². The lowest BCUT2D eigenvalue weighted by atomic mass is 9.86. The van der Waals surface area contributed by atoms with Crippen molar-refractivity contribution < 1.29 is 9.59 Å². The topological polar surface area (TPSA) is 78.4 Å². The van der Waals surface area contributed by atoms with E-state index < -0.39 is 0 Å². The minimum Gasteiger partial charge on any atom is -0.340 e. The fraction of sp³-hybridized carbons (Fsp3) is 0.600. The van der Waals surface area contributed by atoms with Gasteiger partial charge in [-0.3, -0.25) is 9.69 Å². The summed E-state index contributed by atoms with van der Waals surface area (Å²) in [5.74, 6) is 0.891. The van der Waals surface area contributed by atoms with Crippen LogP contribution in [-0.2, 0) is 4.79 Å². The van der Waals surface area contributed by atoms with E-state index in [1.54, 1.807) is 12.4 Å². The average Bonchev–Trinajstić information content (AvgIpc) is 2.68. The van der Waals surface area contributed by atoms with Crippen LogP contribution in [0.15, 0.2) is 30.6 Å². The predicted molar refractivity (Wildman–Crippen MR) is 102 cm³/mol. The fourth-order valence-electron chi connectivity index (χ4n) is 4.48. The zero-order valence-corrected chi connectivity index (χ0v) is 15.6. The van der Waals surface area contributed by atoms with Gasteiger partial charge in [0.2, 0.25) is 11.9 Å². The second kappa shape index (κ2) is 8.06. The van der Waals surface area contributed by atoms with Crippen molar-refractivity contribution in [3.8, 4) is 0 Å². The molecule has 2 saturated heterocycles. The standard InChI is InChI=1S/C20H27N5O2/c26-18-16-8-3-1-2-4-9-17(16)23-20(27)25(18)14-15-7-5-12-24(13-15)19-21-10-6-11-22-19/h1-2,6,10-11,15-17H,3-5,7-9,12-14H2,(H,23,27)/b2-1-/t15?,16-,17+/m0/s1. The number of nitrogens with one attached hydrogen (secondary N) is 1. The van der Waals surface area contributed by atoms with Crippen LogP contribution in [0.5, 0.6) is 0 Å². The Labute approximate surface area is 159 Å². The van der Waals surface area contributed by atoms with Gasteiger partial charge in [-0.25, -0.2) is 14.8 Å². The zero-order chi connectivity index (χ0) is 18.6. The number of hydrogen-bond donors (Lipinski definition) is 1. The summed E-state index contributed by atoms with van der Waals surface area (Å²) in [5, 5.41) is 3.09. The molecule has 0 radical (unpaired) electrons. The normalized spacial score (nSPS) is 30.1. The van der Waals surface area contributed by atoms with Crippen molar-refractivity contribution in [1.82, 2.24) is 20.2 Å². The molecule has 2 aliphatic heterocycles. The Morgan fingerprint density at radius 1 is 1.07 bits per heavy atom. The van der Waals surface area contributed by atoms with Gasteiger partial charge in [0, 0.05) is 38.1 Å². The van der Waals surface area contributed by atoms with Crippen molar-refractivity contribution in [1.29, 1.82) is 0 Å². The van der Waals surface area contributed by atoms with E-state index in [1.807, 2.05) is 6.07 Å². The number of imide groups is 1. The molecule has 3 atom stereocenters. The van der Waals surface area contributed by atoms with Crippen LogP contribution in [0, 0.1) is 11.8 Å². The van der Waals surface area contributed by atoms with Gasteiger partial charge >= 0.3 is 6.03 Å². The third-order valence-electron chi connectivity index (χ3n) is 5.87. The minimum absolute atomic E-state index is 0.00661. The predicted octanol–water partition coefficient (Wildman–Crippen LogP) is 2.36. The summed E-state index contributed by atoms with van der Waals surface area (Å²) in [6, 6.07) is 1.56. The number of hydrogen-bond acceptors (Lipinski definition) is 5. The van der Waals surface area contributed by atoms with Crippen LogP contribution in [0.25, 0.3) is 0 Å². The number of carbonyl (C=O) groups excluding carboxylic acids is 2. The summed E-state index contributed by atoms with van der Waals surface area (Å²) in [7, 11) is 0. The maximum absolute atomic E-state index is 13.1. The summed E-state index contributed by atoms with van der Waals surface area (Å²) in [6.07, 6.45) is 13.3. The van der Waals surface area contributed by atoms with Gasteiger partial charge in [-0.05, 0) is 50.5 Å². The van der Waals surface area contributed by atoms with Gasteiger partial charge in [-0.2, -0.15) is 0 Å². The van der Waals surface area contributed by atoms with Crippen molar-refractivity contribution in [3.63, 3.8) is 0 Å². The Bertz CT molecular complexity index is 708. The monoisotopic (exact) mass is 369 g/mol. The second-order valence-corrected chi connectivity index (χ2v) is 7.74. The van der Waals surface area contributed by atoms with Gasteiger partial charge in [0.15, 0.2) is 0 Å². The van der Waals surface area contributed by atoms with Crippen LogP contribution in [0.3, 0.4) is 0 Å². The molecule has 0 aromatic carbocycles. The molecule has 0 bridgehead atoms. The zero-order valence-electron chi connectivity index (χ0n) is 15.6. The van der Waals surface area contributed by atoms with Crippen molar-refractivity contribution in [2.75, 3.05) is 24.5 Å². The van der Waals surface area contributed by atoms with E-state index >= 15 is 0 Å². The molecule has 4 rings (SSSR count). The Balaban J connectivity index is 1.43. The third-order valence-corrected chi connectivity index (χ3v) is 5.87. The quantitative estimate of drug-likeness (QED) is 0.828. The number of amides is 3. The number of anilines is 1. The molecule has 7 nitrogen and oxygen atoms in total. The molecule has 27 heavy (non-hydrogen) atoms. The molecule has 3 heterocycles. The van der Waals surface area contributed by atoms with Gasteiger partial charge in [-0.1, -0.05) is 12.2 Å². The SMILES string of the molecule is O=C1N[C@@H]2CC/C=C\CC[C@@H]2C(=O)N1CC1CCCN(c2ncccn2)C1. The highest BCUT2D eigenvalue weighted by atomic mass is 16.2. The summed E-state index contributed by atoms with van der Waals surface area (Å²) in [5.41, 5.74) is 0. The number of allylic oxidation sites excluding steroid dienone is 2. The molecule has 3 aliphatic rings. The Hall–Kier alpha value is -2.44. The smallest absolute Gasteiger partial charge is 0.324 e. The fourth-order valence-corrected chi connectivity index (χ4v) is 4.48. The number of piperidine rings is 1. The molecular formula is C20H27N5O2. The van der Waals surface area contributed by atoms with E-state index in [2.05, 4.69) is 32.3 Å². The van der Waals surface area contributed by atoms with Crippen LogP contribution in [-0.4, -0.2) is 52.5 Å². The molecule has 1 aromatic rings. The molecule has 3 amide bonds. The molecule has 0 spiro atoms. The molecule has 1 aromatic heterocycles. The van der Waals surface area contributed by atoms with E-state index in [0.29, 0.717) is 6.54 Å². The highest BCUT2D eigenvalue weighted by molar-refractivity contribution is 5.98. The molecule has 0 saturated carbocycles. The van der Waals surface area contributed by atoms with Crippen molar-refractivity contribution >= 4 is 17.9 Å². The van der Waals surface area contributed by atoms with Gasteiger partial charge in [0.25, 0.3) is 0 Å². The van der Waals surface area contributed by atoms with Crippen LogP contribution < -0.4 is 10.2 Å². The van der Waals surface area contributed by atoms with Crippen LogP contribution >= 0.6 is 0 Å². The minimum atomic E-state index is -0.223. The first-order chi connectivity index (χ1) is 13.2. The lowest BCUT2D eigenvalue weighted by Gasteiger charge is -2.41. The average molecular weight is 369 g/mol. The van der Waals surface area contributed by atoms with E-state index in [1.165, 1.54) is 4.90 Å². The largest absolute Gasteiger partial charge is 0.340 e. The number of nitrogens with zero attached hydrogens (tertiary/aromatic N) is 4. The Morgan fingerprint density at radius 3 is 2.67 bits per heavy atom. The molecule has 1 aliphatic carbocycles. The number of urea groups is 1. The molecule has 144 valence electrons. The van der Waals surface area contributed by atoms with Crippen molar-refractivity contribution in [3.05, 3.63) is 30.6 Å². The number of fused-ring (bicyclic) bond motifs is 1. The molecule has 1 unspecified atom stereocenters. The van der Waals surface area contributed by atoms with Crippen molar-refractivity contribution in [2.45, 2.75) is 44.6 Å². The van der Waals surface area contributed by atoms with Crippen LogP contribution in [0.2, 0.25) is 0 Å². The van der Waals surface area contributed by atoms with Crippen LogP contribution in [0.4, 0.5) is 10.7 Å². The number of carbonyl (C=O) groups is 2. The maximum Gasteiger partial charge on any atom is 0.324 e. The first-order valence-electron chi connectivity index (χ1n) is 10.0. The summed E-state index contributed by atoms with van der Waals surface area (Å²) >= 11 is 0. The van der Waals surface area contributed by atoms with Gasteiger partial charge < -0.3 is 10.2 Å². The Morgan fingerprint density at radius 2 is 1.85 bits per heavy atom. The van der Waals surface area contributed by atoms with Crippen molar-refractivity contribution in [2.24, 2.45) is 11.8 Å². The van der Waals surface area contributed by atoms with E-state index in [0.717, 1.165) is 57.6 Å².